The Bertz CT molecular complexity index is 509. The smallest absolute Gasteiger partial charge is 0.151 e. The molecule has 0 amide bonds. The summed E-state index contributed by atoms with van der Waals surface area (Å²) in [5.74, 6) is 0.719. The lowest BCUT2D eigenvalue weighted by molar-refractivity contribution is 0.112. The number of benzene rings is 2. The van der Waals surface area contributed by atoms with Crippen LogP contribution in [0.25, 0.3) is 0 Å². The molecule has 2 nitrogen and oxygen atoms in total. The predicted octanol–water partition coefficient (Wildman–Crippen LogP) is 3.68. The average molecular weight is 338 g/mol. The summed E-state index contributed by atoms with van der Waals surface area (Å²) in [5.41, 5.74) is 1.77. The van der Waals surface area contributed by atoms with Crippen molar-refractivity contribution in [1.82, 2.24) is 0 Å². The molecule has 0 aliphatic rings. The van der Waals surface area contributed by atoms with Gasteiger partial charge in [-0.05, 0) is 46.4 Å². The Morgan fingerprint density at radius 2 is 1.88 bits per heavy atom. The van der Waals surface area contributed by atoms with E-state index in [1.807, 2.05) is 42.5 Å². The number of ether oxygens (including phenoxy) is 1. The molecule has 17 heavy (non-hydrogen) atoms. The number of aldehydes is 1. The van der Waals surface area contributed by atoms with Crippen LogP contribution in [0.5, 0.6) is 5.75 Å². The molecule has 2 aromatic rings. The zero-order valence-corrected chi connectivity index (χ0v) is 11.3. The van der Waals surface area contributed by atoms with Gasteiger partial charge in [0.05, 0.1) is 0 Å². The Hall–Kier alpha value is -1.36. The molecule has 0 N–H and O–H groups in total. The second-order valence-corrected chi connectivity index (χ2v) is 4.74. The van der Waals surface area contributed by atoms with Crippen LogP contribution in [0.4, 0.5) is 0 Å². The largest absolute Gasteiger partial charge is 0.489 e. The van der Waals surface area contributed by atoms with Gasteiger partial charge in [0.1, 0.15) is 12.4 Å². The molecule has 0 spiro atoms. The van der Waals surface area contributed by atoms with E-state index in [2.05, 4.69) is 22.6 Å². The highest BCUT2D eigenvalue weighted by Gasteiger charge is 2.01. The minimum atomic E-state index is 0.514. The second-order valence-electron chi connectivity index (χ2n) is 3.58. The van der Waals surface area contributed by atoms with E-state index < -0.39 is 0 Å². The van der Waals surface area contributed by atoms with Crippen LogP contribution in [0.3, 0.4) is 0 Å². The third-order valence-electron chi connectivity index (χ3n) is 2.34. The fourth-order valence-electron chi connectivity index (χ4n) is 1.44. The van der Waals surface area contributed by atoms with E-state index in [0.717, 1.165) is 21.2 Å². The number of hydrogen-bond acceptors (Lipinski definition) is 2. The summed E-state index contributed by atoms with van der Waals surface area (Å²) in [4.78, 5) is 10.8. The van der Waals surface area contributed by atoms with E-state index in [1.54, 1.807) is 6.07 Å². The second kappa shape index (κ2) is 5.82. The number of carbonyl (C=O) groups is 1. The standard InChI is InChI=1S/C14H11IO2/c15-14-7-6-13(8-12(14)9-16)17-10-11-4-2-1-3-5-11/h1-9H,10H2. The molecule has 86 valence electrons. The molecule has 0 fully saturated rings. The van der Waals surface area contributed by atoms with Crippen molar-refractivity contribution in [3.63, 3.8) is 0 Å². The Labute approximate surface area is 114 Å². The molecular weight excluding hydrogens is 327 g/mol. The molecule has 0 saturated carbocycles. The van der Waals surface area contributed by atoms with Crippen LogP contribution < -0.4 is 4.74 Å². The van der Waals surface area contributed by atoms with E-state index in [-0.39, 0.29) is 0 Å². The Morgan fingerprint density at radius 1 is 1.12 bits per heavy atom. The quantitative estimate of drug-likeness (QED) is 0.628. The van der Waals surface area contributed by atoms with Crippen LogP contribution in [0.15, 0.2) is 48.5 Å². The number of halogens is 1. The van der Waals surface area contributed by atoms with Gasteiger partial charge in [0, 0.05) is 9.13 Å². The van der Waals surface area contributed by atoms with Crippen molar-refractivity contribution in [2.75, 3.05) is 0 Å². The van der Waals surface area contributed by atoms with E-state index in [1.165, 1.54) is 0 Å². The van der Waals surface area contributed by atoms with E-state index >= 15 is 0 Å². The first-order valence-electron chi connectivity index (χ1n) is 5.21. The predicted molar refractivity (Wildman–Crippen MR) is 75.3 cm³/mol. The van der Waals surface area contributed by atoms with Gasteiger partial charge in [0.2, 0.25) is 0 Å². The maximum Gasteiger partial charge on any atom is 0.151 e. The van der Waals surface area contributed by atoms with Crippen LogP contribution in [0, 0.1) is 3.57 Å². The first kappa shape index (κ1) is 12.1. The summed E-state index contributed by atoms with van der Waals surface area (Å²) in [5, 5.41) is 0. The molecule has 0 saturated heterocycles. The van der Waals surface area contributed by atoms with E-state index in [9.17, 15) is 4.79 Å². The van der Waals surface area contributed by atoms with Crippen LogP contribution in [-0.4, -0.2) is 6.29 Å². The van der Waals surface area contributed by atoms with Gasteiger partial charge in [-0.25, -0.2) is 0 Å². The number of hydrogen-bond donors (Lipinski definition) is 0. The van der Waals surface area contributed by atoms with Gasteiger partial charge in [-0.15, -0.1) is 0 Å². The Morgan fingerprint density at radius 3 is 2.59 bits per heavy atom. The third kappa shape index (κ3) is 3.30. The summed E-state index contributed by atoms with van der Waals surface area (Å²) in [7, 11) is 0. The fourth-order valence-corrected chi connectivity index (χ4v) is 1.91. The molecular formula is C14H11IO2. The van der Waals surface area contributed by atoms with Gasteiger partial charge in [0.25, 0.3) is 0 Å². The topological polar surface area (TPSA) is 26.3 Å². The Balaban J connectivity index is 2.07. The SMILES string of the molecule is O=Cc1cc(OCc2ccccc2)ccc1I. The molecule has 0 aliphatic carbocycles. The van der Waals surface area contributed by atoms with Gasteiger partial charge in [-0.3, -0.25) is 4.79 Å². The van der Waals surface area contributed by atoms with Crippen molar-refractivity contribution >= 4 is 28.9 Å². The number of carbonyl (C=O) groups excluding carboxylic acids is 1. The Kier molecular flexibility index (Phi) is 4.14. The molecule has 0 atom stereocenters. The van der Waals surface area contributed by atoms with Crippen LogP contribution in [0.1, 0.15) is 15.9 Å². The van der Waals surface area contributed by atoms with Crippen LogP contribution in [-0.2, 0) is 6.61 Å². The normalized spacial score (nSPS) is 9.94. The summed E-state index contributed by atoms with van der Waals surface area (Å²) in [6.45, 7) is 0.514. The van der Waals surface area contributed by atoms with Gasteiger partial charge in [0.15, 0.2) is 6.29 Å². The molecule has 0 heterocycles. The van der Waals surface area contributed by atoms with Crippen molar-refractivity contribution in [2.24, 2.45) is 0 Å². The van der Waals surface area contributed by atoms with Crippen molar-refractivity contribution < 1.29 is 9.53 Å². The summed E-state index contributed by atoms with van der Waals surface area (Å²) >= 11 is 2.13. The molecule has 0 aromatic heterocycles. The van der Waals surface area contributed by atoms with Crippen molar-refractivity contribution in [1.29, 1.82) is 0 Å². The molecule has 0 bridgehead atoms. The third-order valence-corrected chi connectivity index (χ3v) is 3.33. The van der Waals surface area contributed by atoms with Crippen molar-refractivity contribution in [2.45, 2.75) is 6.61 Å². The van der Waals surface area contributed by atoms with Crippen molar-refractivity contribution in [3.8, 4) is 5.75 Å². The van der Waals surface area contributed by atoms with Gasteiger partial charge >= 0.3 is 0 Å². The average Bonchev–Trinajstić information content (AvgIpc) is 2.39. The lowest BCUT2D eigenvalue weighted by Crippen LogP contribution is -1.96. The number of rotatable bonds is 4. The van der Waals surface area contributed by atoms with Crippen LogP contribution in [0.2, 0.25) is 0 Å². The fraction of sp³-hybridized carbons (Fsp3) is 0.0714. The van der Waals surface area contributed by atoms with Crippen LogP contribution >= 0.6 is 22.6 Å². The van der Waals surface area contributed by atoms with Crippen molar-refractivity contribution in [3.05, 3.63) is 63.2 Å². The minimum Gasteiger partial charge on any atom is -0.489 e. The first-order valence-corrected chi connectivity index (χ1v) is 6.29. The zero-order valence-electron chi connectivity index (χ0n) is 9.10. The molecule has 2 rings (SSSR count). The lowest BCUT2D eigenvalue weighted by Gasteiger charge is -2.07. The van der Waals surface area contributed by atoms with Gasteiger partial charge in [-0.1, -0.05) is 30.3 Å². The minimum absolute atomic E-state index is 0.514. The maximum absolute atomic E-state index is 10.8. The molecule has 0 unspecified atom stereocenters. The molecule has 0 aliphatic heterocycles. The summed E-state index contributed by atoms with van der Waals surface area (Å²) in [6, 6.07) is 15.5. The highest BCUT2D eigenvalue weighted by molar-refractivity contribution is 14.1. The lowest BCUT2D eigenvalue weighted by atomic mass is 10.2. The van der Waals surface area contributed by atoms with Gasteiger partial charge in [-0.2, -0.15) is 0 Å². The van der Waals surface area contributed by atoms with E-state index in [4.69, 9.17) is 4.74 Å². The highest BCUT2D eigenvalue weighted by Crippen LogP contribution is 2.19. The monoisotopic (exact) mass is 338 g/mol. The molecule has 2 aromatic carbocycles. The highest BCUT2D eigenvalue weighted by atomic mass is 127. The first-order chi connectivity index (χ1) is 8.29. The maximum atomic E-state index is 10.8. The van der Waals surface area contributed by atoms with Gasteiger partial charge < -0.3 is 4.74 Å². The molecule has 3 heteroatoms. The zero-order chi connectivity index (χ0) is 12.1. The summed E-state index contributed by atoms with van der Waals surface area (Å²) in [6.07, 6.45) is 0.844. The van der Waals surface area contributed by atoms with E-state index in [0.29, 0.717) is 12.2 Å². The molecule has 0 radical (unpaired) electrons. The summed E-state index contributed by atoms with van der Waals surface area (Å²) < 4.78 is 6.56.